The Bertz CT molecular complexity index is 1080. The van der Waals surface area contributed by atoms with Crippen LogP contribution in [0.4, 0.5) is 8.78 Å². The summed E-state index contributed by atoms with van der Waals surface area (Å²) in [4.78, 5) is 3.88. The maximum Gasteiger partial charge on any atom is 0.137 e. The Morgan fingerprint density at radius 3 is 2.59 bits per heavy atom. The monoisotopic (exact) mass is 396 g/mol. The van der Waals surface area contributed by atoms with Gasteiger partial charge in [0.05, 0.1) is 6.54 Å². The molecule has 148 valence electrons. The summed E-state index contributed by atoms with van der Waals surface area (Å²) in [7, 11) is 0. The molecule has 29 heavy (non-hydrogen) atoms. The first-order valence-corrected chi connectivity index (χ1v) is 8.94. The Morgan fingerprint density at radius 2 is 1.97 bits per heavy atom. The van der Waals surface area contributed by atoms with Gasteiger partial charge in [0.2, 0.25) is 0 Å². The topological polar surface area (TPSA) is 92.5 Å². The van der Waals surface area contributed by atoms with E-state index in [1.807, 2.05) is 24.3 Å². The lowest BCUT2D eigenvalue weighted by Crippen LogP contribution is -2.38. The van der Waals surface area contributed by atoms with E-state index < -0.39 is 23.2 Å². The van der Waals surface area contributed by atoms with E-state index in [1.54, 1.807) is 13.1 Å². The molecule has 9 heteroatoms. The van der Waals surface area contributed by atoms with E-state index in [0.717, 1.165) is 23.3 Å². The molecule has 2 unspecified atom stereocenters. The number of hydrogen-bond donors (Lipinski definition) is 2. The van der Waals surface area contributed by atoms with E-state index in [2.05, 4.69) is 25.5 Å². The van der Waals surface area contributed by atoms with Gasteiger partial charge in [-0.1, -0.05) is 42.5 Å². The summed E-state index contributed by atoms with van der Waals surface area (Å²) < 4.78 is 29.5. The minimum atomic E-state index is -1.69. The zero-order chi connectivity index (χ0) is 20.4. The molecule has 4 rings (SSSR count). The number of aromatic amines is 1. The predicted octanol–water partition coefficient (Wildman–Crippen LogP) is 3.03. The zero-order valence-electron chi connectivity index (χ0n) is 15.5. The molecule has 0 saturated heterocycles. The van der Waals surface area contributed by atoms with Gasteiger partial charge in [0.15, 0.2) is 0 Å². The first kappa shape index (κ1) is 18.9. The van der Waals surface area contributed by atoms with Crippen molar-refractivity contribution in [3.05, 3.63) is 84.1 Å². The second-order valence-corrected chi connectivity index (χ2v) is 6.84. The Morgan fingerprint density at radius 1 is 1.17 bits per heavy atom. The highest BCUT2D eigenvalue weighted by molar-refractivity contribution is 5.58. The molecular formula is C20H18F2N6O. The van der Waals surface area contributed by atoms with Crippen LogP contribution in [0.5, 0.6) is 0 Å². The molecule has 0 amide bonds. The van der Waals surface area contributed by atoms with Gasteiger partial charge in [-0.25, -0.2) is 18.4 Å². The van der Waals surface area contributed by atoms with E-state index in [0.29, 0.717) is 5.69 Å². The molecule has 0 aliphatic heterocycles. The Balaban J connectivity index is 1.74. The highest BCUT2D eigenvalue weighted by atomic mass is 19.1. The number of halogens is 2. The van der Waals surface area contributed by atoms with Crippen LogP contribution in [0.3, 0.4) is 0 Å². The second-order valence-electron chi connectivity index (χ2n) is 6.84. The van der Waals surface area contributed by atoms with Crippen LogP contribution in [0.15, 0.2) is 61.3 Å². The lowest BCUT2D eigenvalue weighted by atomic mass is 9.78. The van der Waals surface area contributed by atoms with Crippen molar-refractivity contribution in [3.8, 4) is 11.3 Å². The van der Waals surface area contributed by atoms with Gasteiger partial charge in [-0.05, 0) is 11.6 Å². The van der Waals surface area contributed by atoms with Crippen LogP contribution in [0.25, 0.3) is 11.3 Å². The molecule has 4 aromatic rings. The van der Waals surface area contributed by atoms with Crippen LogP contribution >= 0.6 is 0 Å². The summed E-state index contributed by atoms with van der Waals surface area (Å²) in [6.45, 7) is 1.73. The maximum absolute atomic E-state index is 14.6. The normalized spacial score (nSPS) is 14.5. The van der Waals surface area contributed by atoms with Crippen molar-refractivity contribution < 1.29 is 13.9 Å². The minimum Gasteiger partial charge on any atom is -0.382 e. The first-order chi connectivity index (χ1) is 14.0. The van der Waals surface area contributed by atoms with Crippen LogP contribution in [0.2, 0.25) is 0 Å². The zero-order valence-corrected chi connectivity index (χ0v) is 15.5. The smallest absolute Gasteiger partial charge is 0.137 e. The van der Waals surface area contributed by atoms with Crippen LogP contribution < -0.4 is 0 Å². The summed E-state index contributed by atoms with van der Waals surface area (Å²) in [6.07, 6.45) is 4.44. The lowest BCUT2D eigenvalue weighted by molar-refractivity contribution is -0.0112. The Kier molecular flexibility index (Phi) is 4.89. The lowest BCUT2D eigenvalue weighted by Gasteiger charge is -2.35. The van der Waals surface area contributed by atoms with E-state index in [4.69, 9.17) is 0 Å². The average Bonchev–Trinajstić information content (AvgIpc) is 3.41. The number of H-pyrrole nitrogens is 1. The van der Waals surface area contributed by atoms with Crippen molar-refractivity contribution >= 4 is 0 Å². The van der Waals surface area contributed by atoms with Crippen molar-refractivity contribution in [2.45, 2.75) is 25.0 Å². The summed E-state index contributed by atoms with van der Waals surface area (Å²) in [5.74, 6) is -2.07. The second kappa shape index (κ2) is 7.51. The number of aromatic nitrogens is 6. The van der Waals surface area contributed by atoms with E-state index >= 15 is 0 Å². The Labute approximate surface area is 165 Å². The van der Waals surface area contributed by atoms with Crippen LogP contribution in [0, 0.1) is 11.6 Å². The minimum absolute atomic E-state index is 0.0116. The van der Waals surface area contributed by atoms with Crippen LogP contribution in [0.1, 0.15) is 24.0 Å². The molecule has 2 N–H and O–H groups in total. The molecule has 0 fully saturated rings. The fourth-order valence-corrected chi connectivity index (χ4v) is 3.42. The van der Waals surface area contributed by atoms with Gasteiger partial charge in [-0.15, -0.1) is 5.10 Å². The molecule has 0 aliphatic carbocycles. The van der Waals surface area contributed by atoms with Gasteiger partial charge in [0.1, 0.15) is 35.6 Å². The summed E-state index contributed by atoms with van der Waals surface area (Å²) >= 11 is 0. The summed E-state index contributed by atoms with van der Waals surface area (Å²) in [6, 6.07) is 10.5. The van der Waals surface area contributed by atoms with E-state index in [1.165, 1.54) is 23.4 Å². The number of nitrogens with one attached hydrogen (secondary N) is 1. The van der Waals surface area contributed by atoms with E-state index in [-0.39, 0.29) is 12.1 Å². The fraction of sp³-hybridized carbons (Fsp3) is 0.200. The maximum atomic E-state index is 14.6. The predicted molar refractivity (Wildman–Crippen MR) is 101 cm³/mol. The standard InChI is InChI=1S/C20H18F2N6O/c1-13(14-2-4-15(5-3-14)19-9-24-27-26-19)20(29,10-28-12-23-11-25-28)17-7-6-16(21)8-18(17)22/h2-9,11-13,29H,10H2,1H3,(H,24,26,27). The highest BCUT2D eigenvalue weighted by Crippen LogP contribution is 2.40. The third kappa shape index (κ3) is 3.64. The van der Waals surface area contributed by atoms with Crippen molar-refractivity contribution in [1.29, 1.82) is 0 Å². The van der Waals surface area contributed by atoms with Crippen molar-refractivity contribution in [2.75, 3.05) is 0 Å². The van der Waals surface area contributed by atoms with E-state index in [9.17, 15) is 13.9 Å². The molecule has 2 atom stereocenters. The van der Waals surface area contributed by atoms with Crippen molar-refractivity contribution in [1.82, 2.24) is 30.2 Å². The molecule has 7 nitrogen and oxygen atoms in total. The summed E-state index contributed by atoms with van der Waals surface area (Å²) in [5, 5.41) is 26.0. The molecule has 0 aliphatic rings. The Hall–Kier alpha value is -3.46. The molecule has 2 aromatic heterocycles. The van der Waals surface area contributed by atoms with Gasteiger partial charge < -0.3 is 5.11 Å². The molecule has 2 aromatic carbocycles. The number of nitrogens with zero attached hydrogens (tertiary/aromatic N) is 5. The third-order valence-electron chi connectivity index (χ3n) is 5.11. The van der Waals surface area contributed by atoms with Crippen LogP contribution in [-0.2, 0) is 12.1 Å². The van der Waals surface area contributed by atoms with Gasteiger partial charge in [0.25, 0.3) is 0 Å². The number of hydrogen-bond acceptors (Lipinski definition) is 5. The highest BCUT2D eigenvalue weighted by Gasteiger charge is 2.40. The van der Waals surface area contributed by atoms with Gasteiger partial charge in [-0.2, -0.15) is 5.10 Å². The fourth-order valence-electron chi connectivity index (χ4n) is 3.42. The van der Waals surface area contributed by atoms with Crippen LogP contribution in [-0.4, -0.2) is 35.3 Å². The quantitative estimate of drug-likeness (QED) is 0.523. The van der Waals surface area contributed by atoms with Gasteiger partial charge in [-0.3, -0.25) is 5.10 Å². The largest absolute Gasteiger partial charge is 0.382 e. The average molecular weight is 396 g/mol. The first-order valence-electron chi connectivity index (χ1n) is 8.94. The SMILES string of the molecule is CC(c1ccc(-c2c[nH]nn2)cc1)C(O)(Cn1cncn1)c1ccc(F)cc1F. The van der Waals surface area contributed by atoms with Gasteiger partial charge >= 0.3 is 0 Å². The molecule has 0 saturated carbocycles. The number of aliphatic hydroxyl groups is 1. The van der Waals surface area contributed by atoms with Gasteiger partial charge in [0, 0.05) is 29.3 Å². The molecule has 0 spiro atoms. The molecular weight excluding hydrogens is 378 g/mol. The van der Waals surface area contributed by atoms with Crippen molar-refractivity contribution in [2.24, 2.45) is 0 Å². The number of rotatable bonds is 6. The number of benzene rings is 2. The molecule has 0 bridgehead atoms. The third-order valence-corrected chi connectivity index (χ3v) is 5.11. The molecule has 0 radical (unpaired) electrons. The molecule has 2 heterocycles. The summed E-state index contributed by atoms with van der Waals surface area (Å²) in [5.41, 5.74) is 0.598. The van der Waals surface area contributed by atoms with Crippen molar-refractivity contribution in [3.63, 3.8) is 0 Å².